The number of aryl methyl sites for hydroxylation is 2. The van der Waals surface area contributed by atoms with Crippen LogP contribution in [0.15, 0.2) is 83.8 Å². The van der Waals surface area contributed by atoms with Crippen molar-refractivity contribution in [3.05, 3.63) is 95.7 Å². The number of aromatic amines is 1. The Balaban J connectivity index is 0.000000271. The summed E-state index contributed by atoms with van der Waals surface area (Å²) in [5.74, 6) is 0. The van der Waals surface area contributed by atoms with Crippen LogP contribution in [0.1, 0.15) is 71.2 Å². The average Bonchev–Trinajstić information content (AvgIpc) is 3.27. The van der Waals surface area contributed by atoms with Crippen molar-refractivity contribution in [3.8, 4) is 11.1 Å². The minimum absolute atomic E-state index is 1.03. The molecule has 0 amide bonds. The Bertz CT molecular complexity index is 1080. The van der Waals surface area contributed by atoms with E-state index in [4.69, 9.17) is 0 Å². The summed E-state index contributed by atoms with van der Waals surface area (Å²) < 4.78 is 0. The minimum Gasteiger partial charge on any atom is -0.355 e. The molecule has 1 aliphatic carbocycles. The number of rotatable bonds is 1. The van der Waals surface area contributed by atoms with E-state index in [2.05, 4.69) is 105 Å². The minimum atomic E-state index is 1.03. The number of para-hydroxylation sites is 1. The molecule has 1 aliphatic rings. The van der Waals surface area contributed by atoms with Gasteiger partial charge in [-0.05, 0) is 60.2 Å². The van der Waals surface area contributed by atoms with E-state index in [1.54, 1.807) is 0 Å². The first-order valence-corrected chi connectivity index (χ1v) is 13.2. The molecule has 34 heavy (non-hydrogen) atoms. The van der Waals surface area contributed by atoms with E-state index >= 15 is 0 Å². The number of hydrogen-bond acceptors (Lipinski definition) is 1. The van der Waals surface area contributed by atoms with Crippen LogP contribution in [0.3, 0.4) is 0 Å². The van der Waals surface area contributed by atoms with E-state index in [9.17, 15) is 0 Å². The van der Waals surface area contributed by atoms with Gasteiger partial charge in [-0.1, -0.05) is 115 Å². The highest BCUT2D eigenvalue weighted by Crippen LogP contribution is 2.29. The topological polar surface area (TPSA) is 15.8 Å². The van der Waals surface area contributed by atoms with Gasteiger partial charge in [0.25, 0.3) is 0 Å². The Morgan fingerprint density at radius 1 is 0.765 bits per heavy atom. The maximum absolute atomic E-state index is 4.46. The fourth-order valence-electron chi connectivity index (χ4n) is 3.64. The summed E-state index contributed by atoms with van der Waals surface area (Å²) in [5.41, 5.74) is 7.80. The van der Waals surface area contributed by atoms with Crippen LogP contribution in [0.4, 0.5) is 0 Å². The summed E-state index contributed by atoms with van der Waals surface area (Å²) in [7, 11) is 0. The normalized spacial score (nSPS) is 10.7. The Hall–Kier alpha value is -2.71. The number of nitrogens with one attached hydrogen (secondary N) is 1. The molecule has 182 valence electrons. The van der Waals surface area contributed by atoms with Crippen molar-refractivity contribution >= 4 is 29.6 Å². The third-order valence-corrected chi connectivity index (χ3v) is 5.42. The Morgan fingerprint density at radius 2 is 1.32 bits per heavy atom. The Morgan fingerprint density at radius 3 is 1.97 bits per heavy atom. The lowest BCUT2D eigenvalue weighted by atomic mass is 10.0. The van der Waals surface area contributed by atoms with Gasteiger partial charge in [-0.2, -0.15) is 0 Å². The highest BCUT2D eigenvalue weighted by Gasteiger charge is 2.10. The molecule has 0 atom stereocenters. The molecule has 1 heterocycles. The van der Waals surface area contributed by atoms with E-state index < -0.39 is 0 Å². The van der Waals surface area contributed by atoms with Crippen molar-refractivity contribution in [1.29, 1.82) is 0 Å². The van der Waals surface area contributed by atoms with E-state index in [1.165, 1.54) is 58.1 Å². The van der Waals surface area contributed by atoms with Crippen LogP contribution in [0.2, 0.25) is 0 Å². The molecular formula is C32H43NS. The molecule has 0 spiro atoms. The highest BCUT2D eigenvalue weighted by molar-refractivity contribution is 7.80. The standard InChI is InChI=1S/C13H12S.C12H11N.C3H8.2C2H6/c1-10-6-2-3-7-11(10)12-8-4-5-9-13(12)14;1-3-7-11-9(5-1)10-6-2-4-8-12(10)13-11;1-3-2;2*1-2/h2-9,14H,1H3;1,3-5,7-8,13H,2,6H2;3H2,1-2H3;2*1-2H3. The predicted octanol–water partition coefficient (Wildman–Crippen LogP) is 10.5. The fourth-order valence-corrected chi connectivity index (χ4v) is 3.92. The summed E-state index contributed by atoms with van der Waals surface area (Å²) in [6.45, 7) is 14.4. The quantitative estimate of drug-likeness (QED) is 0.256. The molecule has 0 fully saturated rings. The zero-order valence-corrected chi connectivity index (χ0v) is 23.0. The van der Waals surface area contributed by atoms with Crippen molar-refractivity contribution in [3.63, 3.8) is 0 Å². The summed E-state index contributed by atoms with van der Waals surface area (Å²) in [4.78, 5) is 4.46. The zero-order chi connectivity index (χ0) is 25.3. The van der Waals surface area contributed by atoms with Crippen LogP contribution in [0.5, 0.6) is 0 Å². The smallest absolute Gasteiger partial charge is 0.0461 e. The molecule has 5 rings (SSSR count). The summed E-state index contributed by atoms with van der Waals surface area (Å²) >= 11 is 4.46. The van der Waals surface area contributed by atoms with Gasteiger partial charge < -0.3 is 4.98 Å². The molecule has 3 aromatic carbocycles. The number of fused-ring (bicyclic) bond motifs is 3. The second-order valence-electron chi connectivity index (χ2n) is 7.54. The van der Waals surface area contributed by atoms with E-state index in [1.807, 2.05) is 45.9 Å². The molecule has 0 aliphatic heterocycles. The van der Waals surface area contributed by atoms with Gasteiger partial charge in [-0.3, -0.25) is 0 Å². The first-order chi connectivity index (χ1) is 16.7. The van der Waals surface area contributed by atoms with E-state index in [-0.39, 0.29) is 0 Å². The van der Waals surface area contributed by atoms with Crippen LogP contribution < -0.4 is 0 Å². The molecule has 0 saturated heterocycles. The number of allylic oxidation sites excluding steroid dienone is 1. The summed E-state index contributed by atoms with van der Waals surface area (Å²) in [6, 6.07) is 25.1. The first kappa shape index (κ1) is 29.3. The van der Waals surface area contributed by atoms with Crippen LogP contribution in [0.25, 0.3) is 28.1 Å². The average molecular weight is 474 g/mol. The first-order valence-electron chi connectivity index (χ1n) is 12.8. The number of benzene rings is 3. The molecule has 1 N–H and O–H groups in total. The fraction of sp³-hybridized carbons (Fsp3) is 0.312. The van der Waals surface area contributed by atoms with E-state index in [0.29, 0.717) is 0 Å². The lowest BCUT2D eigenvalue weighted by Gasteiger charge is -2.07. The molecule has 0 radical (unpaired) electrons. The van der Waals surface area contributed by atoms with Crippen molar-refractivity contribution in [2.75, 3.05) is 0 Å². The summed E-state index contributed by atoms with van der Waals surface area (Å²) in [5, 5.41) is 1.39. The number of H-pyrrole nitrogens is 1. The van der Waals surface area contributed by atoms with Crippen LogP contribution in [0, 0.1) is 6.92 Å². The maximum Gasteiger partial charge on any atom is 0.0461 e. The van der Waals surface area contributed by atoms with Crippen molar-refractivity contribution in [1.82, 2.24) is 4.98 Å². The Kier molecular flexibility index (Phi) is 14.5. The SMILES string of the molecule is C1=Cc2[nH]c3ccccc3c2CC1.CC.CC.CCC.Cc1ccccc1-c1ccccc1S. The van der Waals surface area contributed by atoms with Crippen molar-refractivity contribution in [2.24, 2.45) is 0 Å². The number of aromatic nitrogens is 1. The van der Waals surface area contributed by atoms with Gasteiger partial charge in [-0.25, -0.2) is 0 Å². The van der Waals surface area contributed by atoms with Gasteiger partial charge in [0.2, 0.25) is 0 Å². The van der Waals surface area contributed by atoms with Gasteiger partial charge in [0.15, 0.2) is 0 Å². The molecule has 1 nitrogen and oxygen atoms in total. The zero-order valence-electron chi connectivity index (χ0n) is 22.2. The lowest BCUT2D eigenvalue weighted by molar-refractivity contribution is 0.992. The highest BCUT2D eigenvalue weighted by atomic mass is 32.1. The van der Waals surface area contributed by atoms with Crippen LogP contribution in [-0.4, -0.2) is 4.98 Å². The molecule has 1 aromatic heterocycles. The molecular weight excluding hydrogens is 430 g/mol. The lowest BCUT2D eigenvalue weighted by Crippen LogP contribution is -1.89. The monoisotopic (exact) mass is 473 g/mol. The molecule has 0 saturated carbocycles. The maximum atomic E-state index is 4.46. The van der Waals surface area contributed by atoms with Gasteiger partial charge in [0, 0.05) is 21.5 Å². The molecule has 2 heteroatoms. The second-order valence-corrected chi connectivity index (χ2v) is 8.02. The summed E-state index contributed by atoms with van der Waals surface area (Å²) in [6.07, 6.45) is 8.03. The molecule has 0 bridgehead atoms. The van der Waals surface area contributed by atoms with Crippen molar-refractivity contribution < 1.29 is 0 Å². The van der Waals surface area contributed by atoms with Gasteiger partial charge in [0.05, 0.1) is 0 Å². The Labute approximate surface area is 213 Å². The van der Waals surface area contributed by atoms with Gasteiger partial charge >= 0.3 is 0 Å². The second kappa shape index (κ2) is 16.8. The van der Waals surface area contributed by atoms with E-state index in [0.717, 1.165) is 4.90 Å². The number of hydrogen-bond donors (Lipinski definition) is 2. The van der Waals surface area contributed by atoms with Crippen LogP contribution in [-0.2, 0) is 6.42 Å². The molecule has 4 aromatic rings. The van der Waals surface area contributed by atoms with Crippen LogP contribution >= 0.6 is 12.6 Å². The molecule has 0 unspecified atom stereocenters. The third kappa shape index (κ3) is 8.25. The third-order valence-electron chi connectivity index (χ3n) is 5.03. The van der Waals surface area contributed by atoms with Crippen molar-refractivity contribution in [2.45, 2.75) is 72.6 Å². The predicted molar refractivity (Wildman–Crippen MR) is 158 cm³/mol. The largest absolute Gasteiger partial charge is 0.355 e. The number of thiol groups is 1. The van der Waals surface area contributed by atoms with Gasteiger partial charge in [-0.15, -0.1) is 12.6 Å². The van der Waals surface area contributed by atoms with Gasteiger partial charge in [0.1, 0.15) is 0 Å².